The molecule has 1 heterocycles. The third-order valence-electron chi connectivity index (χ3n) is 3.33. The molecule has 1 aromatic carbocycles. The van der Waals surface area contributed by atoms with Gasteiger partial charge in [0.2, 0.25) is 5.91 Å². The minimum Gasteiger partial charge on any atom is -0.350 e. The van der Waals surface area contributed by atoms with Gasteiger partial charge in [-0.2, -0.15) is 0 Å². The van der Waals surface area contributed by atoms with Crippen LogP contribution in [0.5, 0.6) is 0 Å². The molecule has 1 amide bonds. The standard InChI is InChI=1S/C15H16N2OS/c18-14(9-11-5-1-2-6-11)16-10-15-17-12-7-3-4-8-13(12)19-15/h1,3-5,7-8,11H,2,6,9-10H2,(H,16,18)/t11-/m0/s1. The minimum atomic E-state index is 0.121. The zero-order valence-corrected chi connectivity index (χ0v) is 11.5. The maximum Gasteiger partial charge on any atom is 0.220 e. The van der Waals surface area contributed by atoms with Crippen molar-refractivity contribution in [1.29, 1.82) is 0 Å². The highest BCUT2D eigenvalue weighted by Crippen LogP contribution is 2.22. The molecular weight excluding hydrogens is 256 g/mol. The molecule has 2 aromatic rings. The summed E-state index contributed by atoms with van der Waals surface area (Å²) in [6, 6.07) is 8.05. The molecule has 0 bridgehead atoms. The topological polar surface area (TPSA) is 42.0 Å². The zero-order chi connectivity index (χ0) is 13.1. The highest BCUT2D eigenvalue weighted by atomic mass is 32.1. The van der Waals surface area contributed by atoms with Gasteiger partial charge in [-0.3, -0.25) is 4.79 Å². The van der Waals surface area contributed by atoms with Crippen LogP contribution in [0, 0.1) is 5.92 Å². The summed E-state index contributed by atoms with van der Waals surface area (Å²) in [5.74, 6) is 0.547. The lowest BCUT2D eigenvalue weighted by atomic mass is 10.1. The first-order chi connectivity index (χ1) is 9.31. The van der Waals surface area contributed by atoms with Crippen LogP contribution in [0.1, 0.15) is 24.3 Å². The molecule has 1 N–H and O–H groups in total. The maximum absolute atomic E-state index is 11.8. The molecule has 0 radical (unpaired) electrons. The number of nitrogens with one attached hydrogen (secondary N) is 1. The Balaban J connectivity index is 1.56. The molecule has 19 heavy (non-hydrogen) atoms. The van der Waals surface area contributed by atoms with Crippen molar-refractivity contribution in [2.45, 2.75) is 25.8 Å². The minimum absolute atomic E-state index is 0.121. The van der Waals surface area contributed by atoms with E-state index in [9.17, 15) is 4.79 Å². The van der Waals surface area contributed by atoms with E-state index >= 15 is 0 Å². The molecule has 0 saturated heterocycles. The number of hydrogen-bond acceptors (Lipinski definition) is 3. The number of carbonyl (C=O) groups excluding carboxylic acids is 1. The highest BCUT2D eigenvalue weighted by Gasteiger charge is 2.14. The first kappa shape index (κ1) is 12.4. The number of allylic oxidation sites excluding steroid dienone is 2. The first-order valence-corrected chi connectivity index (χ1v) is 7.41. The Hall–Kier alpha value is -1.68. The molecule has 3 nitrogen and oxygen atoms in total. The average molecular weight is 272 g/mol. The van der Waals surface area contributed by atoms with Crippen LogP contribution in [-0.4, -0.2) is 10.9 Å². The largest absolute Gasteiger partial charge is 0.350 e. The smallest absolute Gasteiger partial charge is 0.220 e. The van der Waals surface area contributed by atoms with E-state index in [1.165, 1.54) is 4.70 Å². The molecule has 98 valence electrons. The Labute approximate surface area is 116 Å². The monoisotopic (exact) mass is 272 g/mol. The number of carbonyl (C=O) groups is 1. The fourth-order valence-electron chi connectivity index (χ4n) is 2.35. The number of amides is 1. The van der Waals surface area contributed by atoms with E-state index < -0.39 is 0 Å². The number of para-hydroxylation sites is 1. The predicted molar refractivity (Wildman–Crippen MR) is 77.9 cm³/mol. The van der Waals surface area contributed by atoms with Crippen molar-refractivity contribution in [1.82, 2.24) is 10.3 Å². The Bertz CT molecular complexity index is 584. The SMILES string of the molecule is O=C(C[C@H]1C=CCC1)NCc1nc2ccccc2s1. The zero-order valence-electron chi connectivity index (χ0n) is 10.6. The van der Waals surface area contributed by atoms with Crippen molar-refractivity contribution in [3.8, 4) is 0 Å². The van der Waals surface area contributed by atoms with Gasteiger partial charge >= 0.3 is 0 Å². The Morgan fingerprint density at radius 1 is 1.42 bits per heavy atom. The molecule has 1 aliphatic rings. The average Bonchev–Trinajstić information content (AvgIpc) is 3.04. The highest BCUT2D eigenvalue weighted by molar-refractivity contribution is 7.18. The molecule has 1 aliphatic carbocycles. The normalized spacial score (nSPS) is 18.0. The lowest BCUT2D eigenvalue weighted by Gasteiger charge is -2.07. The lowest BCUT2D eigenvalue weighted by Crippen LogP contribution is -2.24. The van der Waals surface area contributed by atoms with Gasteiger partial charge in [0.1, 0.15) is 5.01 Å². The molecule has 0 saturated carbocycles. The van der Waals surface area contributed by atoms with E-state index in [-0.39, 0.29) is 5.91 Å². The molecule has 0 fully saturated rings. The second-order valence-corrected chi connectivity index (χ2v) is 5.94. The Kier molecular flexibility index (Phi) is 3.60. The predicted octanol–water partition coefficient (Wildman–Crippen LogP) is 3.27. The third-order valence-corrected chi connectivity index (χ3v) is 4.37. The van der Waals surface area contributed by atoms with Crippen molar-refractivity contribution < 1.29 is 4.79 Å². The first-order valence-electron chi connectivity index (χ1n) is 6.59. The maximum atomic E-state index is 11.8. The Morgan fingerprint density at radius 3 is 3.11 bits per heavy atom. The molecule has 1 aromatic heterocycles. The fourth-order valence-corrected chi connectivity index (χ4v) is 3.25. The van der Waals surface area contributed by atoms with E-state index in [0.29, 0.717) is 18.9 Å². The number of nitrogens with zero attached hydrogens (tertiary/aromatic N) is 1. The van der Waals surface area contributed by atoms with Gasteiger partial charge in [-0.05, 0) is 30.9 Å². The van der Waals surface area contributed by atoms with Crippen molar-refractivity contribution in [3.05, 3.63) is 41.4 Å². The van der Waals surface area contributed by atoms with E-state index in [2.05, 4.69) is 28.5 Å². The van der Waals surface area contributed by atoms with E-state index in [1.807, 2.05) is 18.2 Å². The van der Waals surface area contributed by atoms with Crippen LogP contribution >= 0.6 is 11.3 Å². The summed E-state index contributed by atoms with van der Waals surface area (Å²) in [5, 5.41) is 3.93. The fraction of sp³-hybridized carbons (Fsp3) is 0.333. The summed E-state index contributed by atoms with van der Waals surface area (Å²) in [6.45, 7) is 0.536. The van der Waals surface area contributed by atoms with Crippen LogP contribution in [0.15, 0.2) is 36.4 Å². The summed E-state index contributed by atoms with van der Waals surface area (Å²) in [7, 11) is 0. The van der Waals surface area contributed by atoms with Gasteiger partial charge in [0.05, 0.1) is 16.8 Å². The third kappa shape index (κ3) is 3.01. The second-order valence-electron chi connectivity index (χ2n) is 4.82. The summed E-state index contributed by atoms with van der Waals surface area (Å²) < 4.78 is 1.17. The van der Waals surface area contributed by atoms with Gasteiger partial charge in [-0.25, -0.2) is 4.98 Å². The van der Waals surface area contributed by atoms with Gasteiger partial charge in [-0.1, -0.05) is 24.3 Å². The molecule has 0 aliphatic heterocycles. The van der Waals surface area contributed by atoms with Crippen LogP contribution < -0.4 is 5.32 Å². The van der Waals surface area contributed by atoms with Crippen molar-refractivity contribution in [2.75, 3.05) is 0 Å². The van der Waals surface area contributed by atoms with Crippen LogP contribution in [-0.2, 0) is 11.3 Å². The van der Waals surface area contributed by atoms with Crippen LogP contribution in [0.4, 0.5) is 0 Å². The van der Waals surface area contributed by atoms with Gasteiger partial charge in [0.15, 0.2) is 0 Å². The van der Waals surface area contributed by atoms with Crippen molar-refractivity contribution in [3.63, 3.8) is 0 Å². The lowest BCUT2D eigenvalue weighted by molar-refractivity contribution is -0.121. The van der Waals surface area contributed by atoms with Gasteiger partial charge in [0.25, 0.3) is 0 Å². The number of hydrogen-bond donors (Lipinski definition) is 1. The van der Waals surface area contributed by atoms with E-state index in [1.54, 1.807) is 11.3 Å². The number of fused-ring (bicyclic) bond motifs is 1. The number of aromatic nitrogens is 1. The second kappa shape index (κ2) is 5.53. The molecule has 1 atom stereocenters. The summed E-state index contributed by atoms with van der Waals surface area (Å²) >= 11 is 1.64. The molecule has 4 heteroatoms. The van der Waals surface area contributed by atoms with Gasteiger partial charge in [-0.15, -0.1) is 11.3 Å². The number of thiazole rings is 1. The van der Waals surface area contributed by atoms with E-state index in [0.717, 1.165) is 23.4 Å². The van der Waals surface area contributed by atoms with Gasteiger partial charge in [0, 0.05) is 6.42 Å². The molecule has 0 unspecified atom stereocenters. The van der Waals surface area contributed by atoms with Gasteiger partial charge < -0.3 is 5.32 Å². The quantitative estimate of drug-likeness (QED) is 0.868. The molecule has 3 rings (SSSR count). The number of rotatable bonds is 4. The Morgan fingerprint density at radius 2 is 2.32 bits per heavy atom. The van der Waals surface area contributed by atoms with Crippen LogP contribution in [0.2, 0.25) is 0 Å². The number of benzene rings is 1. The van der Waals surface area contributed by atoms with Crippen LogP contribution in [0.25, 0.3) is 10.2 Å². The summed E-state index contributed by atoms with van der Waals surface area (Å²) in [5.41, 5.74) is 1.01. The molecular formula is C15H16N2OS. The summed E-state index contributed by atoms with van der Waals surface area (Å²) in [6.07, 6.45) is 7.12. The van der Waals surface area contributed by atoms with Crippen molar-refractivity contribution >= 4 is 27.5 Å². The molecule has 0 spiro atoms. The van der Waals surface area contributed by atoms with Crippen LogP contribution in [0.3, 0.4) is 0 Å². The van der Waals surface area contributed by atoms with E-state index in [4.69, 9.17) is 0 Å². The summed E-state index contributed by atoms with van der Waals surface area (Å²) in [4.78, 5) is 16.3. The van der Waals surface area contributed by atoms with Crippen molar-refractivity contribution in [2.24, 2.45) is 5.92 Å².